The van der Waals surface area contributed by atoms with E-state index in [1.54, 1.807) is 28.9 Å². The molecule has 0 radical (unpaired) electrons. The summed E-state index contributed by atoms with van der Waals surface area (Å²) in [6, 6.07) is 10.6. The van der Waals surface area contributed by atoms with Crippen molar-refractivity contribution in [3.8, 4) is 0 Å². The summed E-state index contributed by atoms with van der Waals surface area (Å²) in [5, 5.41) is 3.39. The minimum absolute atomic E-state index is 0.0125. The Morgan fingerprint density at radius 3 is 2.00 bits per heavy atom. The molecule has 0 unspecified atom stereocenters. The molecule has 1 fully saturated rings. The van der Waals surface area contributed by atoms with Gasteiger partial charge in [-0.15, -0.1) is 0 Å². The van der Waals surface area contributed by atoms with Gasteiger partial charge < -0.3 is 15.1 Å². The molecule has 0 aromatic heterocycles. The maximum Gasteiger partial charge on any atom is 0.254 e. The molecule has 6 heteroatoms. The number of hydrogen-bond donors (Lipinski definition) is 1. The predicted octanol–water partition coefficient (Wildman–Crippen LogP) is 2.42. The Hall–Kier alpha value is -2.73. The predicted molar refractivity (Wildman–Crippen MR) is 110 cm³/mol. The maximum atomic E-state index is 13.8. The number of amides is 2. The summed E-state index contributed by atoms with van der Waals surface area (Å²) < 4.78 is 13.8. The van der Waals surface area contributed by atoms with Crippen LogP contribution >= 0.6 is 0 Å². The highest BCUT2D eigenvalue weighted by Gasteiger charge is 2.26. The second kappa shape index (κ2) is 8.33. The smallest absolute Gasteiger partial charge is 0.254 e. The van der Waals surface area contributed by atoms with E-state index in [-0.39, 0.29) is 17.6 Å². The highest BCUT2D eigenvalue weighted by atomic mass is 19.1. The van der Waals surface area contributed by atoms with Gasteiger partial charge in [-0.3, -0.25) is 9.59 Å². The molecule has 5 nitrogen and oxygen atoms in total. The first-order valence-electron chi connectivity index (χ1n) is 10.2. The second-order valence-corrected chi connectivity index (χ2v) is 7.78. The van der Waals surface area contributed by atoms with Gasteiger partial charge in [-0.05, 0) is 73.8 Å². The number of fused-ring (bicyclic) bond motifs is 1. The lowest BCUT2D eigenvalue weighted by molar-refractivity contribution is 0.0535. The van der Waals surface area contributed by atoms with Crippen LogP contribution in [-0.4, -0.2) is 60.9 Å². The Bertz CT molecular complexity index is 936. The normalized spacial score (nSPS) is 16.9. The van der Waals surface area contributed by atoms with E-state index in [4.69, 9.17) is 0 Å². The van der Waals surface area contributed by atoms with E-state index in [0.29, 0.717) is 42.9 Å². The van der Waals surface area contributed by atoms with Crippen molar-refractivity contribution in [3.63, 3.8) is 0 Å². The van der Waals surface area contributed by atoms with Crippen LogP contribution in [0.2, 0.25) is 0 Å². The van der Waals surface area contributed by atoms with Crippen molar-refractivity contribution in [1.29, 1.82) is 0 Å². The minimum Gasteiger partial charge on any atom is -0.335 e. The van der Waals surface area contributed by atoms with Crippen LogP contribution in [0.25, 0.3) is 0 Å². The standard InChI is InChI=1S/C23H26FN3O2/c1-16-2-3-20(15-21(16)24)23(29)27-12-10-26(11-13-27)22(28)19-5-4-17-6-8-25-9-7-18(17)14-19/h2-5,14-15,25H,6-13H2,1H3. The third-order valence-corrected chi connectivity index (χ3v) is 5.87. The van der Waals surface area contributed by atoms with Gasteiger partial charge in [-0.2, -0.15) is 0 Å². The molecule has 1 saturated heterocycles. The molecule has 0 aliphatic carbocycles. The maximum absolute atomic E-state index is 13.8. The molecule has 0 bridgehead atoms. The number of nitrogens with zero attached hydrogens (tertiary/aromatic N) is 2. The average molecular weight is 395 g/mol. The second-order valence-electron chi connectivity index (χ2n) is 7.78. The number of carbonyl (C=O) groups excluding carboxylic acids is 2. The van der Waals surface area contributed by atoms with Crippen molar-refractivity contribution in [1.82, 2.24) is 15.1 Å². The zero-order chi connectivity index (χ0) is 20.4. The third kappa shape index (κ3) is 4.17. The SMILES string of the molecule is Cc1ccc(C(=O)N2CCN(C(=O)c3ccc4c(c3)CCNCC4)CC2)cc1F. The molecule has 2 amide bonds. The highest BCUT2D eigenvalue weighted by molar-refractivity contribution is 5.96. The van der Waals surface area contributed by atoms with Gasteiger partial charge in [0.2, 0.25) is 0 Å². The van der Waals surface area contributed by atoms with Gasteiger partial charge >= 0.3 is 0 Å². The van der Waals surface area contributed by atoms with Gasteiger partial charge in [0.1, 0.15) is 5.82 Å². The fourth-order valence-electron chi connectivity index (χ4n) is 4.01. The zero-order valence-corrected chi connectivity index (χ0v) is 16.7. The number of hydrogen-bond acceptors (Lipinski definition) is 3. The number of carbonyl (C=O) groups is 2. The van der Waals surface area contributed by atoms with Crippen LogP contribution < -0.4 is 5.32 Å². The molecule has 2 aromatic carbocycles. The monoisotopic (exact) mass is 395 g/mol. The molecule has 29 heavy (non-hydrogen) atoms. The van der Waals surface area contributed by atoms with Gasteiger partial charge in [0.05, 0.1) is 0 Å². The van der Waals surface area contributed by atoms with Crippen molar-refractivity contribution >= 4 is 11.8 Å². The lowest BCUT2D eigenvalue weighted by Crippen LogP contribution is -2.50. The third-order valence-electron chi connectivity index (χ3n) is 5.87. The first-order chi connectivity index (χ1) is 14.0. The number of benzene rings is 2. The van der Waals surface area contributed by atoms with E-state index < -0.39 is 0 Å². The Kier molecular flexibility index (Phi) is 5.62. The fourth-order valence-corrected chi connectivity index (χ4v) is 4.01. The summed E-state index contributed by atoms with van der Waals surface area (Å²) in [4.78, 5) is 29.1. The van der Waals surface area contributed by atoms with Gasteiger partial charge in [0.15, 0.2) is 0 Å². The van der Waals surface area contributed by atoms with Crippen LogP contribution in [-0.2, 0) is 12.8 Å². The molecule has 2 aliphatic heterocycles. The largest absolute Gasteiger partial charge is 0.335 e. The van der Waals surface area contributed by atoms with Crippen LogP contribution in [0, 0.1) is 12.7 Å². The van der Waals surface area contributed by atoms with Crippen molar-refractivity contribution in [2.45, 2.75) is 19.8 Å². The topological polar surface area (TPSA) is 52.7 Å². The average Bonchev–Trinajstić information content (AvgIpc) is 2.99. The number of piperazine rings is 1. The Balaban J connectivity index is 1.40. The van der Waals surface area contributed by atoms with Crippen LogP contribution in [0.4, 0.5) is 4.39 Å². The molecular weight excluding hydrogens is 369 g/mol. The molecule has 0 atom stereocenters. The van der Waals surface area contributed by atoms with E-state index in [9.17, 15) is 14.0 Å². The molecule has 2 heterocycles. The first kappa shape index (κ1) is 19.6. The number of aryl methyl sites for hydroxylation is 1. The molecule has 4 rings (SSSR count). The molecule has 0 saturated carbocycles. The van der Waals surface area contributed by atoms with Crippen molar-refractivity contribution in [2.24, 2.45) is 0 Å². The highest BCUT2D eigenvalue weighted by Crippen LogP contribution is 2.18. The number of rotatable bonds is 2. The Morgan fingerprint density at radius 2 is 1.38 bits per heavy atom. The molecule has 2 aliphatic rings. The summed E-state index contributed by atoms with van der Waals surface area (Å²) >= 11 is 0. The van der Waals surface area contributed by atoms with E-state index in [2.05, 4.69) is 11.4 Å². The van der Waals surface area contributed by atoms with Gasteiger partial charge in [0, 0.05) is 37.3 Å². The van der Waals surface area contributed by atoms with Crippen molar-refractivity contribution in [3.05, 3.63) is 70.0 Å². The lowest BCUT2D eigenvalue weighted by Gasteiger charge is -2.35. The lowest BCUT2D eigenvalue weighted by atomic mass is 9.99. The van der Waals surface area contributed by atoms with E-state index in [1.807, 2.05) is 12.1 Å². The van der Waals surface area contributed by atoms with Crippen LogP contribution in [0.5, 0.6) is 0 Å². The van der Waals surface area contributed by atoms with Gasteiger partial charge in [0.25, 0.3) is 11.8 Å². The molecule has 0 spiro atoms. The molecule has 2 aromatic rings. The van der Waals surface area contributed by atoms with Crippen molar-refractivity contribution < 1.29 is 14.0 Å². The van der Waals surface area contributed by atoms with E-state index >= 15 is 0 Å². The van der Waals surface area contributed by atoms with E-state index in [0.717, 1.165) is 25.9 Å². The number of halogens is 1. The van der Waals surface area contributed by atoms with E-state index in [1.165, 1.54) is 17.2 Å². The number of nitrogens with one attached hydrogen (secondary N) is 1. The summed E-state index contributed by atoms with van der Waals surface area (Å²) in [7, 11) is 0. The summed E-state index contributed by atoms with van der Waals surface area (Å²) in [5.74, 6) is -0.546. The quantitative estimate of drug-likeness (QED) is 0.850. The zero-order valence-electron chi connectivity index (χ0n) is 16.7. The van der Waals surface area contributed by atoms with Crippen molar-refractivity contribution in [2.75, 3.05) is 39.3 Å². The minimum atomic E-state index is -0.372. The molecular formula is C23H26FN3O2. The summed E-state index contributed by atoms with van der Waals surface area (Å²) in [6.07, 6.45) is 1.93. The van der Waals surface area contributed by atoms with Crippen LogP contribution in [0.3, 0.4) is 0 Å². The van der Waals surface area contributed by atoms with Crippen LogP contribution in [0.15, 0.2) is 36.4 Å². The van der Waals surface area contributed by atoms with Crippen LogP contribution in [0.1, 0.15) is 37.4 Å². The first-order valence-corrected chi connectivity index (χ1v) is 10.2. The molecule has 1 N–H and O–H groups in total. The van der Waals surface area contributed by atoms with Gasteiger partial charge in [-0.25, -0.2) is 4.39 Å². The molecule has 152 valence electrons. The fraction of sp³-hybridized carbons (Fsp3) is 0.391. The summed E-state index contributed by atoms with van der Waals surface area (Å²) in [6.45, 7) is 5.46. The Labute approximate surface area is 170 Å². The van der Waals surface area contributed by atoms with Gasteiger partial charge in [-0.1, -0.05) is 12.1 Å². The summed E-state index contributed by atoms with van der Waals surface area (Å²) in [5.41, 5.74) is 4.15. The Morgan fingerprint density at radius 1 is 0.828 bits per heavy atom.